The molecule has 0 radical (unpaired) electrons. The molecule has 1 aromatic heterocycles. The molecule has 0 aliphatic rings. The average molecular weight is 523 g/mol. The van der Waals surface area contributed by atoms with Crippen LogP contribution in [0.15, 0.2) is 53.7 Å². The van der Waals surface area contributed by atoms with E-state index in [9.17, 15) is 9.18 Å². The van der Waals surface area contributed by atoms with E-state index in [0.29, 0.717) is 24.6 Å². The van der Waals surface area contributed by atoms with Crippen molar-refractivity contribution in [2.45, 2.75) is 12.8 Å². The van der Waals surface area contributed by atoms with Crippen LogP contribution in [0.1, 0.15) is 21.5 Å². The largest absolute Gasteiger partial charge is 0.361 e. The monoisotopic (exact) mass is 523 g/mol. The molecule has 160 valence electrons. The van der Waals surface area contributed by atoms with Gasteiger partial charge in [0.15, 0.2) is 5.96 Å². The van der Waals surface area contributed by atoms with E-state index in [-0.39, 0.29) is 35.7 Å². The molecule has 3 rings (SSSR count). The quantitative estimate of drug-likeness (QED) is 0.218. The van der Waals surface area contributed by atoms with E-state index in [0.717, 1.165) is 34.9 Å². The number of halogens is 2. The van der Waals surface area contributed by atoms with Crippen molar-refractivity contribution in [2.75, 3.05) is 27.2 Å². The van der Waals surface area contributed by atoms with Crippen LogP contribution >= 0.6 is 24.0 Å². The topological polar surface area (TPSA) is 81.3 Å². The van der Waals surface area contributed by atoms with Crippen molar-refractivity contribution < 1.29 is 9.18 Å². The number of aliphatic imine (C=N–C) groups is 1. The summed E-state index contributed by atoms with van der Waals surface area (Å²) in [5.74, 6) is 0.386. The summed E-state index contributed by atoms with van der Waals surface area (Å²) < 4.78 is 13.5. The van der Waals surface area contributed by atoms with E-state index >= 15 is 0 Å². The van der Waals surface area contributed by atoms with Crippen LogP contribution in [-0.2, 0) is 12.8 Å². The summed E-state index contributed by atoms with van der Waals surface area (Å²) in [7, 11) is 3.35. The fourth-order valence-electron chi connectivity index (χ4n) is 3.23. The van der Waals surface area contributed by atoms with Crippen LogP contribution in [0.3, 0.4) is 0 Å². The van der Waals surface area contributed by atoms with Gasteiger partial charge in [0.2, 0.25) is 0 Å². The highest BCUT2D eigenvalue weighted by molar-refractivity contribution is 14.0. The highest BCUT2D eigenvalue weighted by Gasteiger charge is 2.06. The Hall–Kier alpha value is -2.62. The number of H-pyrrole nitrogens is 1. The maximum Gasteiger partial charge on any atom is 0.251 e. The molecule has 0 saturated heterocycles. The van der Waals surface area contributed by atoms with Crippen molar-refractivity contribution in [2.24, 2.45) is 4.99 Å². The van der Waals surface area contributed by atoms with Crippen LogP contribution in [0, 0.1) is 5.82 Å². The summed E-state index contributed by atoms with van der Waals surface area (Å²) in [6.45, 7) is 1.37. The number of benzene rings is 2. The normalized spacial score (nSPS) is 11.1. The second kappa shape index (κ2) is 11.5. The van der Waals surface area contributed by atoms with Gasteiger partial charge in [-0.3, -0.25) is 9.79 Å². The van der Waals surface area contributed by atoms with E-state index in [1.165, 1.54) is 6.07 Å². The van der Waals surface area contributed by atoms with Crippen molar-refractivity contribution in [3.8, 4) is 0 Å². The molecule has 0 aliphatic heterocycles. The third-order valence-electron chi connectivity index (χ3n) is 4.76. The minimum Gasteiger partial charge on any atom is -0.361 e. The first-order valence-corrected chi connectivity index (χ1v) is 9.61. The Morgan fingerprint density at radius 1 is 1.10 bits per heavy atom. The SMILES string of the molecule is CN=C(NCCc1cccc(C(=O)NC)c1)NCCc1c[nH]c2ccc(F)cc12.I. The predicted octanol–water partition coefficient (Wildman–Crippen LogP) is 3.23. The molecular formula is C22H27FIN5O. The molecule has 0 fully saturated rings. The number of hydrogen-bond acceptors (Lipinski definition) is 2. The zero-order valence-corrected chi connectivity index (χ0v) is 19.4. The van der Waals surface area contributed by atoms with Crippen molar-refractivity contribution in [1.82, 2.24) is 20.9 Å². The molecule has 0 bridgehead atoms. The van der Waals surface area contributed by atoms with Crippen molar-refractivity contribution >= 4 is 46.7 Å². The van der Waals surface area contributed by atoms with Crippen molar-refractivity contribution in [3.05, 3.63) is 71.2 Å². The Morgan fingerprint density at radius 2 is 1.87 bits per heavy atom. The van der Waals surface area contributed by atoms with Gasteiger partial charge < -0.3 is 20.9 Å². The van der Waals surface area contributed by atoms with E-state index in [2.05, 4.69) is 25.9 Å². The molecule has 4 N–H and O–H groups in total. The number of carbonyl (C=O) groups excluding carboxylic acids is 1. The van der Waals surface area contributed by atoms with Crippen LogP contribution in [0.4, 0.5) is 4.39 Å². The molecule has 0 aliphatic carbocycles. The molecule has 0 saturated carbocycles. The smallest absolute Gasteiger partial charge is 0.251 e. The number of hydrogen-bond donors (Lipinski definition) is 4. The number of aromatic nitrogens is 1. The Balaban J connectivity index is 0.00000320. The molecule has 1 heterocycles. The fraction of sp³-hybridized carbons (Fsp3) is 0.273. The Kier molecular flexibility index (Phi) is 9.10. The lowest BCUT2D eigenvalue weighted by molar-refractivity contribution is 0.0963. The lowest BCUT2D eigenvalue weighted by Gasteiger charge is -2.12. The maximum atomic E-state index is 13.5. The Morgan fingerprint density at radius 3 is 2.60 bits per heavy atom. The third kappa shape index (κ3) is 6.19. The lowest BCUT2D eigenvalue weighted by Crippen LogP contribution is -2.39. The van der Waals surface area contributed by atoms with Crippen LogP contribution in [0.25, 0.3) is 10.9 Å². The summed E-state index contributed by atoms with van der Waals surface area (Å²) in [4.78, 5) is 19.1. The Bertz CT molecular complexity index is 1020. The van der Waals surface area contributed by atoms with E-state index < -0.39 is 0 Å². The summed E-state index contributed by atoms with van der Waals surface area (Å²) >= 11 is 0. The number of nitrogens with zero attached hydrogens (tertiary/aromatic N) is 1. The highest BCUT2D eigenvalue weighted by atomic mass is 127. The van der Waals surface area contributed by atoms with Gasteiger partial charge in [-0.2, -0.15) is 0 Å². The highest BCUT2D eigenvalue weighted by Crippen LogP contribution is 2.19. The number of nitrogens with one attached hydrogen (secondary N) is 4. The Labute approximate surface area is 192 Å². The molecule has 8 heteroatoms. The van der Waals surface area contributed by atoms with Gasteiger partial charge >= 0.3 is 0 Å². The molecule has 1 amide bonds. The summed E-state index contributed by atoms with van der Waals surface area (Å²) in [6.07, 6.45) is 3.44. The van der Waals surface area contributed by atoms with Gasteiger partial charge in [0.1, 0.15) is 5.82 Å². The fourth-order valence-corrected chi connectivity index (χ4v) is 3.23. The minimum atomic E-state index is -0.232. The first-order chi connectivity index (χ1) is 14.1. The second-order valence-electron chi connectivity index (χ2n) is 6.71. The van der Waals surface area contributed by atoms with Crippen LogP contribution in [0.5, 0.6) is 0 Å². The van der Waals surface area contributed by atoms with Gasteiger partial charge in [-0.15, -0.1) is 24.0 Å². The molecule has 0 atom stereocenters. The van der Waals surface area contributed by atoms with E-state index in [4.69, 9.17) is 0 Å². The first-order valence-electron chi connectivity index (χ1n) is 9.61. The average Bonchev–Trinajstić information content (AvgIpc) is 3.14. The number of fused-ring (bicyclic) bond motifs is 1. The molecule has 30 heavy (non-hydrogen) atoms. The van der Waals surface area contributed by atoms with Gasteiger partial charge in [0, 0.05) is 49.8 Å². The number of aromatic amines is 1. The summed E-state index contributed by atoms with van der Waals surface area (Å²) in [5, 5.41) is 10.1. The standard InChI is InChI=1S/C22H26FN5O.HI/c1-24-21(29)16-5-3-4-15(12-16)8-10-26-22(25-2)27-11-9-17-14-28-20-7-6-18(23)13-19(17)20;/h3-7,12-14,28H,8-11H2,1-2H3,(H,24,29)(H2,25,26,27);1H. The molecule has 0 unspecified atom stereocenters. The zero-order valence-electron chi connectivity index (χ0n) is 17.1. The number of amides is 1. The number of carbonyl (C=O) groups is 1. The summed E-state index contributed by atoms with van der Waals surface area (Å²) in [6, 6.07) is 12.3. The zero-order chi connectivity index (χ0) is 20.6. The van der Waals surface area contributed by atoms with Gasteiger partial charge in [-0.1, -0.05) is 12.1 Å². The van der Waals surface area contributed by atoms with Gasteiger partial charge in [0.05, 0.1) is 0 Å². The summed E-state index contributed by atoms with van der Waals surface area (Å²) in [5.41, 5.74) is 3.73. The van der Waals surface area contributed by atoms with E-state index in [1.54, 1.807) is 32.3 Å². The van der Waals surface area contributed by atoms with E-state index in [1.807, 2.05) is 24.4 Å². The first kappa shape index (κ1) is 23.7. The third-order valence-corrected chi connectivity index (χ3v) is 4.76. The van der Waals surface area contributed by atoms with Crippen LogP contribution in [0.2, 0.25) is 0 Å². The molecule has 0 spiro atoms. The number of guanidine groups is 1. The van der Waals surface area contributed by atoms with Crippen molar-refractivity contribution in [1.29, 1.82) is 0 Å². The molecule has 6 nitrogen and oxygen atoms in total. The molecular weight excluding hydrogens is 496 g/mol. The van der Waals surface area contributed by atoms with Gasteiger partial charge in [-0.05, 0) is 54.3 Å². The molecule has 2 aromatic carbocycles. The second-order valence-corrected chi connectivity index (χ2v) is 6.71. The van der Waals surface area contributed by atoms with Gasteiger partial charge in [0.25, 0.3) is 5.91 Å². The maximum absolute atomic E-state index is 13.5. The molecule has 3 aromatic rings. The van der Waals surface area contributed by atoms with Crippen LogP contribution in [-0.4, -0.2) is 44.0 Å². The predicted molar refractivity (Wildman–Crippen MR) is 130 cm³/mol. The number of rotatable bonds is 7. The van der Waals surface area contributed by atoms with Crippen LogP contribution < -0.4 is 16.0 Å². The van der Waals surface area contributed by atoms with Crippen molar-refractivity contribution in [3.63, 3.8) is 0 Å². The lowest BCUT2D eigenvalue weighted by atomic mass is 10.1. The minimum absolute atomic E-state index is 0. The van der Waals surface area contributed by atoms with Gasteiger partial charge in [-0.25, -0.2) is 4.39 Å².